The molecule has 0 amide bonds. The van der Waals surface area contributed by atoms with Gasteiger partial charge >= 0.3 is 0 Å². The molecule has 3 heterocycles. The molecule has 6 nitrogen and oxygen atoms in total. The van der Waals surface area contributed by atoms with Crippen LogP contribution in [0.15, 0.2) is 10.7 Å². The number of aromatic nitrogens is 4. The van der Waals surface area contributed by atoms with Crippen LogP contribution in [0, 0.1) is 12.8 Å². The van der Waals surface area contributed by atoms with Crippen LogP contribution in [-0.2, 0) is 6.54 Å². The molecule has 0 aliphatic carbocycles. The van der Waals surface area contributed by atoms with Crippen LogP contribution in [0.1, 0.15) is 44.0 Å². The Morgan fingerprint density at radius 3 is 2.88 bits per heavy atom. The monoisotopic (exact) mass is 427 g/mol. The van der Waals surface area contributed by atoms with Gasteiger partial charge in [-0.25, -0.2) is 4.98 Å². The number of hydrogen-bond acceptors (Lipinski definition) is 5. The first kappa shape index (κ1) is 18.5. The van der Waals surface area contributed by atoms with Crippen LogP contribution < -0.4 is 9.64 Å². The Bertz CT molecular complexity index is 764. The minimum atomic E-state index is 0.138. The summed E-state index contributed by atoms with van der Waals surface area (Å²) < 4.78 is 7.97. The van der Waals surface area contributed by atoms with Gasteiger partial charge in [-0.3, -0.25) is 4.68 Å². The van der Waals surface area contributed by atoms with Gasteiger partial charge in [0.15, 0.2) is 0 Å². The normalized spacial score (nSPS) is 17.6. The van der Waals surface area contributed by atoms with Gasteiger partial charge in [0.05, 0.1) is 29.5 Å². The van der Waals surface area contributed by atoms with Crippen LogP contribution in [0.2, 0.25) is 5.15 Å². The smallest absolute Gasteiger partial charge is 0.232 e. The molecule has 8 heteroatoms. The Labute approximate surface area is 161 Å². The molecule has 3 rings (SSSR count). The number of ether oxygens (including phenoxy) is 1. The van der Waals surface area contributed by atoms with E-state index >= 15 is 0 Å². The quantitative estimate of drug-likeness (QED) is 0.706. The Morgan fingerprint density at radius 2 is 2.20 bits per heavy atom. The summed E-state index contributed by atoms with van der Waals surface area (Å²) in [5, 5.41) is 5.38. The lowest BCUT2D eigenvalue weighted by Crippen LogP contribution is -2.25. The van der Waals surface area contributed by atoms with Crippen molar-refractivity contribution in [3.8, 4) is 5.88 Å². The fraction of sp³-hybridized carbons (Fsp3) is 0.588. The van der Waals surface area contributed by atoms with Gasteiger partial charge in [-0.15, -0.1) is 0 Å². The first-order chi connectivity index (χ1) is 11.9. The van der Waals surface area contributed by atoms with Gasteiger partial charge in [0.25, 0.3) is 0 Å². The van der Waals surface area contributed by atoms with Crippen LogP contribution >= 0.6 is 27.5 Å². The lowest BCUT2D eigenvalue weighted by molar-refractivity contribution is 0.393. The first-order valence-electron chi connectivity index (χ1n) is 8.48. The Balaban J connectivity index is 1.96. The van der Waals surface area contributed by atoms with E-state index in [1.807, 2.05) is 11.6 Å². The second kappa shape index (κ2) is 7.50. The van der Waals surface area contributed by atoms with Crippen molar-refractivity contribution in [1.29, 1.82) is 0 Å². The second-order valence-corrected chi connectivity index (χ2v) is 7.96. The zero-order valence-electron chi connectivity index (χ0n) is 15.0. The molecular formula is C17H23BrClN5O. The molecule has 1 saturated heterocycles. The fourth-order valence-corrected chi connectivity index (χ4v) is 4.07. The van der Waals surface area contributed by atoms with Crippen LogP contribution in [0.25, 0.3) is 0 Å². The Morgan fingerprint density at radius 1 is 1.44 bits per heavy atom. The fourth-order valence-electron chi connectivity index (χ4n) is 3.34. The van der Waals surface area contributed by atoms with Gasteiger partial charge in [0, 0.05) is 18.7 Å². The highest BCUT2D eigenvalue weighted by atomic mass is 79.9. The molecule has 1 fully saturated rings. The van der Waals surface area contributed by atoms with Gasteiger partial charge in [-0.05, 0) is 41.6 Å². The molecule has 25 heavy (non-hydrogen) atoms. The van der Waals surface area contributed by atoms with Crippen molar-refractivity contribution >= 4 is 33.5 Å². The number of anilines is 1. The van der Waals surface area contributed by atoms with Gasteiger partial charge in [0.2, 0.25) is 11.8 Å². The highest BCUT2D eigenvalue weighted by molar-refractivity contribution is 9.10. The molecule has 0 bridgehead atoms. The molecule has 1 aliphatic rings. The molecule has 1 atom stereocenters. The molecule has 2 aromatic heterocycles. The van der Waals surface area contributed by atoms with E-state index in [4.69, 9.17) is 16.3 Å². The zero-order valence-corrected chi connectivity index (χ0v) is 17.3. The minimum Gasteiger partial charge on any atom is -0.480 e. The van der Waals surface area contributed by atoms with Gasteiger partial charge in [-0.1, -0.05) is 25.4 Å². The molecule has 1 unspecified atom stereocenters. The molecule has 2 aromatic rings. The lowest BCUT2D eigenvalue weighted by Gasteiger charge is -2.25. The third-order valence-corrected chi connectivity index (χ3v) is 5.33. The van der Waals surface area contributed by atoms with E-state index in [9.17, 15) is 0 Å². The third kappa shape index (κ3) is 3.62. The maximum Gasteiger partial charge on any atom is 0.232 e. The van der Waals surface area contributed by atoms with Crippen LogP contribution in [-0.4, -0.2) is 33.4 Å². The SMILES string of the molecule is COc1nc(N2CCCC2c2c(C)nn(CC(C)C)c2Cl)ncc1Br. The largest absolute Gasteiger partial charge is 0.480 e. The molecule has 0 N–H and O–H groups in total. The van der Waals surface area contributed by atoms with Gasteiger partial charge in [-0.2, -0.15) is 10.1 Å². The summed E-state index contributed by atoms with van der Waals surface area (Å²) in [7, 11) is 1.61. The summed E-state index contributed by atoms with van der Waals surface area (Å²) in [5.74, 6) is 1.69. The highest BCUT2D eigenvalue weighted by Crippen LogP contribution is 2.40. The third-order valence-electron chi connectivity index (χ3n) is 4.38. The van der Waals surface area contributed by atoms with E-state index in [0.29, 0.717) is 17.7 Å². The molecule has 136 valence electrons. The van der Waals surface area contributed by atoms with Crippen molar-refractivity contribution in [2.75, 3.05) is 18.6 Å². The highest BCUT2D eigenvalue weighted by Gasteiger charge is 2.33. The van der Waals surface area contributed by atoms with Gasteiger partial charge in [0.1, 0.15) is 5.15 Å². The van der Waals surface area contributed by atoms with E-state index in [-0.39, 0.29) is 6.04 Å². The maximum absolute atomic E-state index is 6.69. The summed E-state index contributed by atoms with van der Waals surface area (Å²) in [6.07, 6.45) is 3.81. The molecule has 0 radical (unpaired) electrons. The summed E-state index contributed by atoms with van der Waals surface area (Å²) >= 11 is 10.1. The number of hydrogen-bond donors (Lipinski definition) is 0. The summed E-state index contributed by atoms with van der Waals surface area (Å²) in [6, 6.07) is 0.138. The average Bonchev–Trinajstić information content (AvgIpc) is 3.12. The van der Waals surface area contributed by atoms with Crippen molar-refractivity contribution in [3.05, 3.63) is 27.1 Å². The standard InChI is InChI=1S/C17H23BrClN5O/c1-10(2)9-24-15(19)14(11(3)22-24)13-6-5-7-23(13)17-20-8-12(18)16(21-17)25-4/h8,10,13H,5-7,9H2,1-4H3. The summed E-state index contributed by atoms with van der Waals surface area (Å²) in [4.78, 5) is 11.2. The van der Waals surface area contributed by atoms with Crippen molar-refractivity contribution in [1.82, 2.24) is 19.7 Å². The number of rotatable bonds is 5. The predicted molar refractivity (Wildman–Crippen MR) is 102 cm³/mol. The van der Waals surface area contributed by atoms with Gasteiger partial charge < -0.3 is 9.64 Å². The van der Waals surface area contributed by atoms with Crippen molar-refractivity contribution in [2.24, 2.45) is 5.92 Å². The first-order valence-corrected chi connectivity index (χ1v) is 9.65. The van der Waals surface area contributed by atoms with Crippen LogP contribution in [0.4, 0.5) is 5.95 Å². The summed E-state index contributed by atoms with van der Waals surface area (Å²) in [6.45, 7) is 8.06. The van der Waals surface area contributed by atoms with Crippen LogP contribution in [0.5, 0.6) is 5.88 Å². The second-order valence-electron chi connectivity index (χ2n) is 6.74. The van der Waals surface area contributed by atoms with E-state index in [2.05, 4.69) is 49.7 Å². The minimum absolute atomic E-state index is 0.138. The molecular weight excluding hydrogens is 406 g/mol. The lowest BCUT2D eigenvalue weighted by atomic mass is 10.1. The van der Waals surface area contributed by atoms with E-state index in [0.717, 1.165) is 46.8 Å². The van der Waals surface area contributed by atoms with Crippen molar-refractivity contribution in [2.45, 2.75) is 46.2 Å². The Kier molecular flexibility index (Phi) is 5.53. The zero-order chi connectivity index (χ0) is 18.1. The average molecular weight is 429 g/mol. The van der Waals surface area contributed by atoms with E-state index < -0.39 is 0 Å². The number of halogens is 2. The number of aryl methyl sites for hydroxylation is 1. The topological polar surface area (TPSA) is 56.1 Å². The molecule has 0 spiro atoms. The maximum atomic E-state index is 6.69. The van der Waals surface area contributed by atoms with Crippen molar-refractivity contribution in [3.63, 3.8) is 0 Å². The number of methoxy groups -OCH3 is 1. The molecule has 0 aromatic carbocycles. The number of nitrogens with zero attached hydrogens (tertiary/aromatic N) is 5. The summed E-state index contributed by atoms with van der Waals surface area (Å²) in [5.41, 5.74) is 2.07. The van der Waals surface area contributed by atoms with E-state index in [1.54, 1.807) is 13.3 Å². The molecule has 1 aliphatic heterocycles. The molecule has 0 saturated carbocycles. The van der Waals surface area contributed by atoms with E-state index in [1.165, 1.54) is 0 Å². The predicted octanol–water partition coefficient (Wildman–Crippen LogP) is 4.40. The van der Waals surface area contributed by atoms with Crippen molar-refractivity contribution < 1.29 is 4.74 Å². The van der Waals surface area contributed by atoms with Crippen LogP contribution in [0.3, 0.4) is 0 Å². The Hall–Kier alpha value is -1.34.